The van der Waals surface area contributed by atoms with Crippen molar-refractivity contribution in [3.05, 3.63) is 50.3 Å². The van der Waals surface area contributed by atoms with Crippen LogP contribution in [0.1, 0.15) is 11.3 Å². The van der Waals surface area contributed by atoms with Crippen LogP contribution in [0.3, 0.4) is 0 Å². The predicted octanol–water partition coefficient (Wildman–Crippen LogP) is 2.86. The number of hydrogen-bond acceptors (Lipinski definition) is 4. The average molecular weight is 322 g/mol. The average Bonchev–Trinajstić information content (AvgIpc) is 2.30. The lowest BCUT2D eigenvalue weighted by Crippen LogP contribution is -2.07. The highest BCUT2D eigenvalue weighted by molar-refractivity contribution is 9.10. The number of nitriles is 1. The molecule has 0 atom stereocenters. The van der Waals surface area contributed by atoms with E-state index in [2.05, 4.69) is 32.0 Å². The minimum atomic E-state index is -0.194. The van der Waals surface area contributed by atoms with Crippen LogP contribution in [0, 0.1) is 18.3 Å². The second kappa shape index (κ2) is 5.38. The van der Waals surface area contributed by atoms with E-state index in [0.717, 1.165) is 9.37 Å². The number of benzene rings is 1. The van der Waals surface area contributed by atoms with E-state index >= 15 is 0 Å². The number of halogens is 1. The molecule has 0 aliphatic carbocycles. The van der Waals surface area contributed by atoms with E-state index in [9.17, 15) is 4.79 Å². The summed E-state index contributed by atoms with van der Waals surface area (Å²) in [6, 6.07) is 8.93. The number of hydrogen-bond donors (Lipinski definition) is 1. The summed E-state index contributed by atoms with van der Waals surface area (Å²) in [6.45, 7) is 1.76. The van der Waals surface area contributed by atoms with Gasteiger partial charge in [-0.1, -0.05) is 27.7 Å². The first-order valence-electron chi connectivity index (χ1n) is 5.04. The van der Waals surface area contributed by atoms with Gasteiger partial charge in [-0.05, 0) is 25.1 Å². The van der Waals surface area contributed by atoms with Gasteiger partial charge in [0.15, 0.2) is 5.16 Å². The minimum Gasteiger partial charge on any atom is -0.301 e. The zero-order valence-corrected chi connectivity index (χ0v) is 11.8. The fraction of sp³-hybridized carbons (Fsp3) is 0.0833. The van der Waals surface area contributed by atoms with Gasteiger partial charge in [-0.25, -0.2) is 4.98 Å². The summed E-state index contributed by atoms with van der Waals surface area (Å²) in [7, 11) is 0. The summed E-state index contributed by atoms with van der Waals surface area (Å²) < 4.78 is 0.842. The van der Waals surface area contributed by atoms with Gasteiger partial charge >= 0.3 is 0 Å². The third kappa shape index (κ3) is 3.00. The molecule has 0 aliphatic rings. The molecule has 1 aromatic heterocycles. The molecule has 1 heterocycles. The Kier molecular flexibility index (Phi) is 3.84. The monoisotopic (exact) mass is 321 g/mol. The summed E-state index contributed by atoms with van der Waals surface area (Å²) >= 11 is 4.58. The molecule has 0 bridgehead atoms. The van der Waals surface area contributed by atoms with E-state index in [1.165, 1.54) is 17.8 Å². The molecule has 0 radical (unpaired) electrons. The Morgan fingerprint density at radius 2 is 2.22 bits per heavy atom. The maximum atomic E-state index is 11.3. The third-order valence-corrected chi connectivity index (χ3v) is 3.57. The van der Waals surface area contributed by atoms with Crippen molar-refractivity contribution in [3.63, 3.8) is 0 Å². The van der Waals surface area contributed by atoms with Crippen LogP contribution in [0.15, 0.2) is 43.6 Å². The zero-order chi connectivity index (χ0) is 13.1. The molecule has 90 valence electrons. The van der Waals surface area contributed by atoms with Crippen LogP contribution in [-0.4, -0.2) is 9.97 Å². The first-order valence-corrected chi connectivity index (χ1v) is 6.65. The van der Waals surface area contributed by atoms with Crippen LogP contribution >= 0.6 is 27.7 Å². The maximum Gasteiger partial charge on any atom is 0.251 e. The van der Waals surface area contributed by atoms with E-state index in [1.54, 1.807) is 13.0 Å². The number of nitrogens with one attached hydrogen (secondary N) is 1. The molecule has 1 aromatic carbocycles. The van der Waals surface area contributed by atoms with Crippen LogP contribution in [0.5, 0.6) is 0 Å². The van der Waals surface area contributed by atoms with Crippen LogP contribution in [0.2, 0.25) is 0 Å². The molecule has 0 fully saturated rings. The van der Waals surface area contributed by atoms with Gasteiger partial charge in [0.25, 0.3) is 5.56 Å². The number of H-pyrrole nitrogens is 1. The Hall–Kier alpha value is -1.58. The largest absolute Gasteiger partial charge is 0.301 e. The number of aryl methyl sites for hydroxylation is 1. The van der Waals surface area contributed by atoms with Gasteiger partial charge in [0, 0.05) is 21.1 Å². The Morgan fingerprint density at radius 1 is 1.44 bits per heavy atom. The van der Waals surface area contributed by atoms with Crippen molar-refractivity contribution in [2.45, 2.75) is 17.0 Å². The molecule has 0 unspecified atom stereocenters. The standard InChI is InChI=1S/C12H8BrN3OS/c1-7-4-11(17)16-12(15-7)18-10-3-2-9(13)5-8(10)6-14/h2-5H,1H3,(H,15,16,17). The van der Waals surface area contributed by atoms with Gasteiger partial charge in [0.2, 0.25) is 0 Å². The molecule has 6 heteroatoms. The molecule has 0 spiro atoms. The van der Waals surface area contributed by atoms with Gasteiger partial charge in [0.1, 0.15) is 6.07 Å². The van der Waals surface area contributed by atoms with Crippen molar-refractivity contribution in [2.75, 3.05) is 0 Å². The van der Waals surface area contributed by atoms with Crippen LogP contribution in [-0.2, 0) is 0 Å². The third-order valence-electron chi connectivity index (χ3n) is 2.12. The van der Waals surface area contributed by atoms with Crippen molar-refractivity contribution in [2.24, 2.45) is 0 Å². The van der Waals surface area contributed by atoms with Crippen LogP contribution < -0.4 is 5.56 Å². The molecular formula is C12H8BrN3OS. The number of nitrogens with zero attached hydrogens (tertiary/aromatic N) is 2. The summed E-state index contributed by atoms with van der Waals surface area (Å²) in [5, 5.41) is 9.54. The van der Waals surface area contributed by atoms with Crippen molar-refractivity contribution >= 4 is 27.7 Å². The molecule has 2 aromatic rings. The van der Waals surface area contributed by atoms with E-state index in [0.29, 0.717) is 16.4 Å². The Balaban J connectivity index is 2.40. The van der Waals surface area contributed by atoms with E-state index < -0.39 is 0 Å². The first kappa shape index (κ1) is 12.9. The Bertz CT molecular complexity index is 690. The highest BCUT2D eigenvalue weighted by Crippen LogP contribution is 2.29. The van der Waals surface area contributed by atoms with Crippen molar-refractivity contribution in [3.8, 4) is 6.07 Å². The van der Waals surface area contributed by atoms with Gasteiger partial charge in [-0.2, -0.15) is 5.26 Å². The van der Waals surface area contributed by atoms with Crippen molar-refractivity contribution in [1.29, 1.82) is 5.26 Å². The summed E-state index contributed by atoms with van der Waals surface area (Å²) in [5.74, 6) is 0. The number of aromatic nitrogens is 2. The van der Waals surface area contributed by atoms with Crippen molar-refractivity contribution < 1.29 is 0 Å². The fourth-order valence-corrected chi connectivity index (χ4v) is 2.64. The Labute approximate surface area is 116 Å². The lowest BCUT2D eigenvalue weighted by atomic mass is 10.2. The lowest BCUT2D eigenvalue weighted by Gasteiger charge is -2.04. The zero-order valence-electron chi connectivity index (χ0n) is 9.40. The van der Waals surface area contributed by atoms with Crippen LogP contribution in [0.4, 0.5) is 0 Å². The van der Waals surface area contributed by atoms with E-state index in [4.69, 9.17) is 5.26 Å². The molecule has 0 saturated heterocycles. The molecule has 0 saturated carbocycles. The van der Waals surface area contributed by atoms with Gasteiger partial charge in [-0.15, -0.1) is 0 Å². The van der Waals surface area contributed by atoms with Crippen LogP contribution in [0.25, 0.3) is 0 Å². The number of rotatable bonds is 2. The predicted molar refractivity (Wildman–Crippen MR) is 72.6 cm³/mol. The Morgan fingerprint density at radius 3 is 2.89 bits per heavy atom. The smallest absolute Gasteiger partial charge is 0.251 e. The summed E-state index contributed by atoms with van der Waals surface area (Å²) in [6.07, 6.45) is 0. The SMILES string of the molecule is Cc1cc(=O)[nH]c(Sc2ccc(Br)cc2C#N)n1. The highest BCUT2D eigenvalue weighted by atomic mass is 79.9. The fourth-order valence-electron chi connectivity index (χ4n) is 1.38. The van der Waals surface area contributed by atoms with Gasteiger partial charge < -0.3 is 4.98 Å². The van der Waals surface area contributed by atoms with Gasteiger partial charge in [0.05, 0.1) is 5.56 Å². The molecule has 4 nitrogen and oxygen atoms in total. The van der Waals surface area contributed by atoms with Crippen molar-refractivity contribution in [1.82, 2.24) is 9.97 Å². The minimum absolute atomic E-state index is 0.194. The number of aromatic amines is 1. The summed E-state index contributed by atoms with van der Waals surface area (Å²) in [4.78, 5) is 18.9. The molecular weight excluding hydrogens is 314 g/mol. The topological polar surface area (TPSA) is 69.5 Å². The van der Waals surface area contributed by atoms with E-state index in [-0.39, 0.29) is 5.56 Å². The normalized spacial score (nSPS) is 10.1. The quantitative estimate of drug-likeness (QED) is 0.863. The maximum absolute atomic E-state index is 11.3. The molecule has 2 rings (SSSR count). The molecule has 0 aliphatic heterocycles. The first-order chi connectivity index (χ1) is 8.58. The molecule has 0 amide bonds. The second-order valence-corrected chi connectivity index (χ2v) is 5.49. The molecule has 18 heavy (non-hydrogen) atoms. The molecule has 1 N–H and O–H groups in total. The summed E-state index contributed by atoms with van der Waals surface area (Å²) in [5.41, 5.74) is 0.996. The van der Waals surface area contributed by atoms with Gasteiger partial charge in [-0.3, -0.25) is 4.79 Å². The highest BCUT2D eigenvalue weighted by Gasteiger charge is 2.07. The van der Waals surface area contributed by atoms with E-state index in [1.807, 2.05) is 12.1 Å². The second-order valence-electron chi connectivity index (χ2n) is 3.55. The lowest BCUT2D eigenvalue weighted by molar-refractivity contribution is 0.905.